The predicted octanol–water partition coefficient (Wildman–Crippen LogP) is 2.85. The van der Waals surface area contributed by atoms with Crippen LogP contribution in [0.5, 0.6) is 0 Å². The maximum absolute atomic E-state index is 11.5. The van der Waals surface area contributed by atoms with E-state index < -0.39 is 9.84 Å². The summed E-state index contributed by atoms with van der Waals surface area (Å²) in [5.41, 5.74) is 8.63. The van der Waals surface area contributed by atoms with Gasteiger partial charge in [-0.2, -0.15) is 0 Å². The lowest BCUT2D eigenvalue weighted by molar-refractivity contribution is 0.602. The standard InChI is InChI=1S/C16H20N2O2S.ClH/c1-3-13(17)11-14-5-4-6-16(18-14)12-7-9-15(10-8-12)21(2,19)20;/h4-10,13H,3,11,17H2,1-2H3;1H. The Morgan fingerprint density at radius 2 is 1.77 bits per heavy atom. The molecule has 2 N–H and O–H groups in total. The predicted molar refractivity (Wildman–Crippen MR) is 92.0 cm³/mol. The van der Waals surface area contributed by atoms with Crippen LogP contribution in [-0.4, -0.2) is 25.7 Å². The lowest BCUT2D eigenvalue weighted by Crippen LogP contribution is -2.21. The second kappa shape index (κ2) is 7.72. The van der Waals surface area contributed by atoms with Crippen LogP contribution in [0.1, 0.15) is 19.0 Å². The van der Waals surface area contributed by atoms with Gasteiger partial charge >= 0.3 is 0 Å². The van der Waals surface area contributed by atoms with Gasteiger partial charge in [0.2, 0.25) is 0 Å². The third-order valence-corrected chi connectivity index (χ3v) is 4.51. The first kappa shape index (κ1) is 18.6. The van der Waals surface area contributed by atoms with E-state index in [2.05, 4.69) is 11.9 Å². The van der Waals surface area contributed by atoms with Crippen molar-refractivity contribution in [3.63, 3.8) is 0 Å². The van der Waals surface area contributed by atoms with E-state index >= 15 is 0 Å². The molecule has 120 valence electrons. The molecule has 0 amide bonds. The average molecular weight is 341 g/mol. The molecule has 6 heteroatoms. The Morgan fingerprint density at radius 1 is 1.14 bits per heavy atom. The summed E-state index contributed by atoms with van der Waals surface area (Å²) < 4.78 is 22.9. The summed E-state index contributed by atoms with van der Waals surface area (Å²) in [6, 6.07) is 12.7. The maximum atomic E-state index is 11.5. The van der Waals surface area contributed by atoms with E-state index in [9.17, 15) is 8.42 Å². The summed E-state index contributed by atoms with van der Waals surface area (Å²) in [7, 11) is -3.17. The first-order valence-corrected chi connectivity index (χ1v) is 8.81. The van der Waals surface area contributed by atoms with Crippen LogP contribution >= 0.6 is 12.4 Å². The van der Waals surface area contributed by atoms with Crippen molar-refractivity contribution in [2.75, 3.05) is 6.26 Å². The summed E-state index contributed by atoms with van der Waals surface area (Å²) in [4.78, 5) is 4.91. The van der Waals surface area contributed by atoms with E-state index in [0.717, 1.165) is 29.8 Å². The van der Waals surface area contributed by atoms with E-state index in [-0.39, 0.29) is 18.4 Å². The summed E-state index contributed by atoms with van der Waals surface area (Å²) in [6.45, 7) is 2.05. The third-order valence-electron chi connectivity index (χ3n) is 3.38. The zero-order valence-electron chi connectivity index (χ0n) is 12.7. The van der Waals surface area contributed by atoms with Crippen LogP contribution in [0, 0.1) is 0 Å². The smallest absolute Gasteiger partial charge is 0.175 e. The first-order chi connectivity index (χ1) is 9.90. The highest BCUT2D eigenvalue weighted by atomic mass is 35.5. The van der Waals surface area contributed by atoms with Crippen LogP contribution in [0.15, 0.2) is 47.4 Å². The van der Waals surface area contributed by atoms with E-state index in [0.29, 0.717) is 4.90 Å². The minimum absolute atomic E-state index is 0. The Balaban J connectivity index is 0.00000242. The fourth-order valence-corrected chi connectivity index (χ4v) is 2.67. The summed E-state index contributed by atoms with van der Waals surface area (Å²) >= 11 is 0. The minimum Gasteiger partial charge on any atom is -0.327 e. The molecule has 0 radical (unpaired) electrons. The number of aromatic nitrogens is 1. The van der Waals surface area contributed by atoms with Gasteiger partial charge in [0.1, 0.15) is 0 Å². The maximum Gasteiger partial charge on any atom is 0.175 e. The molecule has 0 fully saturated rings. The van der Waals surface area contributed by atoms with Crippen LogP contribution in [-0.2, 0) is 16.3 Å². The van der Waals surface area contributed by atoms with Crippen molar-refractivity contribution in [1.29, 1.82) is 0 Å². The fraction of sp³-hybridized carbons (Fsp3) is 0.312. The number of hydrogen-bond acceptors (Lipinski definition) is 4. The second-order valence-electron chi connectivity index (χ2n) is 5.18. The Morgan fingerprint density at radius 3 is 2.32 bits per heavy atom. The molecule has 1 aromatic heterocycles. The van der Waals surface area contributed by atoms with Crippen molar-refractivity contribution in [3.8, 4) is 11.3 Å². The molecule has 22 heavy (non-hydrogen) atoms. The van der Waals surface area contributed by atoms with Crippen LogP contribution in [0.25, 0.3) is 11.3 Å². The topological polar surface area (TPSA) is 73.1 Å². The number of rotatable bonds is 5. The second-order valence-corrected chi connectivity index (χ2v) is 7.20. The lowest BCUT2D eigenvalue weighted by Gasteiger charge is -2.09. The molecule has 0 saturated heterocycles. The van der Waals surface area contributed by atoms with Gasteiger partial charge in [-0.3, -0.25) is 4.98 Å². The number of hydrogen-bond donors (Lipinski definition) is 1. The largest absolute Gasteiger partial charge is 0.327 e. The third kappa shape index (κ3) is 4.80. The zero-order valence-corrected chi connectivity index (χ0v) is 14.3. The molecule has 1 heterocycles. The van der Waals surface area contributed by atoms with E-state index in [1.165, 1.54) is 6.26 Å². The van der Waals surface area contributed by atoms with Gasteiger partial charge in [-0.15, -0.1) is 12.4 Å². The zero-order chi connectivity index (χ0) is 15.5. The van der Waals surface area contributed by atoms with Crippen molar-refractivity contribution >= 4 is 22.2 Å². The van der Waals surface area contributed by atoms with Gasteiger partial charge in [-0.1, -0.05) is 25.1 Å². The molecule has 2 rings (SSSR count). The van der Waals surface area contributed by atoms with Crippen LogP contribution in [0.2, 0.25) is 0 Å². The Labute approximate surface area is 138 Å². The van der Waals surface area contributed by atoms with Crippen LogP contribution in [0.4, 0.5) is 0 Å². The lowest BCUT2D eigenvalue weighted by atomic mass is 10.1. The molecule has 0 aliphatic rings. The molecular formula is C16H21ClN2O2S. The van der Waals surface area contributed by atoms with E-state index in [4.69, 9.17) is 5.73 Å². The molecule has 1 atom stereocenters. The Bertz CT molecular complexity index is 715. The van der Waals surface area contributed by atoms with E-state index in [1.54, 1.807) is 24.3 Å². The Hall–Kier alpha value is -1.43. The van der Waals surface area contributed by atoms with E-state index in [1.807, 2.05) is 18.2 Å². The van der Waals surface area contributed by atoms with Gasteiger partial charge in [-0.25, -0.2) is 8.42 Å². The van der Waals surface area contributed by atoms with Crippen molar-refractivity contribution in [3.05, 3.63) is 48.2 Å². The van der Waals surface area contributed by atoms with Crippen molar-refractivity contribution in [1.82, 2.24) is 4.98 Å². The average Bonchev–Trinajstić information content (AvgIpc) is 2.46. The molecular weight excluding hydrogens is 320 g/mol. The first-order valence-electron chi connectivity index (χ1n) is 6.92. The van der Waals surface area contributed by atoms with Crippen molar-refractivity contribution < 1.29 is 8.42 Å². The summed E-state index contributed by atoms with van der Waals surface area (Å²) in [5.74, 6) is 0. The monoisotopic (exact) mass is 340 g/mol. The quantitative estimate of drug-likeness (QED) is 0.908. The fourth-order valence-electron chi connectivity index (χ4n) is 2.04. The number of benzene rings is 1. The number of nitrogens with two attached hydrogens (primary N) is 1. The molecule has 0 saturated carbocycles. The summed E-state index contributed by atoms with van der Waals surface area (Å²) in [6.07, 6.45) is 2.85. The highest BCUT2D eigenvalue weighted by Gasteiger charge is 2.08. The number of sulfone groups is 1. The van der Waals surface area contributed by atoms with Gasteiger partial charge < -0.3 is 5.73 Å². The molecule has 0 aliphatic heterocycles. The highest BCUT2D eigenvalue weighted by Crippen LogP contribution is 2.20. The van der Waals surface area contributed by atoms with Gasteiger partial charge in [0.15, 0.2) is 9.84 Å². The SMILES string of the molecule is CCC(N)Cc1cccc(-c2ccc(S(C)(=O)=O)cc2)n1.Cl. The van der Waals surface area contributed by atoms with Crippen LogP contribution < -0.4 is 5.73 Å². The van der Waals surface area contributed by atoms with Crippen molar-refractivity contribution in [2.24, 2.45) is 5.73 Å². The van der Waals surface area contributed by atoms with Crippen LogP contribution in [0.3, 0.4) is 0 Å². The molecule has 0 aliphatic carbocycles. The van der Waals surface area contributed by atoms with Crippen molar-refractivity contribution in [2.45, 2.75) is 30.7 Å². The molecule has 1 unspecified atom stereocenters. The van der Waals surface area contributed by atoms with Gasteiger partial charge in [-0.05, 0) is 30.7 Å². The van der Waals surface area contributed by atoms with Gasteiger partial charge in [0.25, 0.3) is 0 Å². The molecule has 0 spiro atoms. The van der Waals surface area contributed by atoms with Gasteiger partial charge in [0, 0.05) is 30.0 Å². The normalized spacial score (nSPS) is 12.5. The molecule has 4 nitrogen and oxygen atoms in total. The molecule has 1 aromatic carbocycles. The number of pyridine rings is 1. The molecule has 0 bridgehead atoms. The number of halogens is 1. The number of nitrogens with zero attached hydrogens (tertiary/aromatic N) is 1. The minimum atomic E-state index is -3.17. The van der Waals surface area contributed by atoms with Gasteiger partial charge in [0.05, 0.1) is 10.6 Å². The Kier molecular flexibility index (Phi) is 6.53. The summed E-state index contributed by atoms with van der Waals surface area (Å²) in [5, 5.41) is 0. The molecule has 2 aromatic rings. The highest BCUT2D eigenvalue weighted by molar-refractivity contribution is 7.90.